The Morgan fingerprint density at radius 2 is 2.24 bits per heavy atom. The van der Waals surface area contributed by atoms with Crippen molar-refractivity contribution < 1.29 is 13.9 Å². The van der Waals surface area contributed by atoms with Gasteiger partial charge in [0.15, 0.2) is 0 Å². The number of aromatic nitrogens is 1. The van der Waals surface area contributed by atoms with Crippen LogP contribution in [0.2, 0.25) is 0 Å². The lowest BCUT2D eigenvalue weighted by Gasteiger charge is -2.22. The third-order valence-corrected chi connectivity index (χ3v) is 1.96. The first-order valence-corrected chi connectivity index (χ1v) is 5.37. The molecule has 0 aliphatic rings. The molecule has 0 radical (unpaired) electrons. The van der Waals surface area contributed by atoms with Crippen LogP contribution in [0.3, 0.4) is 0 Å². The monoisotopic (exact) mass is 240 g/mol. The van der Waals surface area contributed by atoms with E-state index < -0.39 is 23.6 Å². The fourth-order valence-corrected chi connectivity index (χ4v) is 1.28. The number of halogens is 1. The van der Waals surface area contributed by atoms with E-state index in [1.807, 2.05) is 0 Å². The van der Waals surface area contributed by atoms with Gasteiger partial charge in [0.2, 0.25) is 5.95 Å². The zero-order valence-corrected chi connectivity index (χ0v) is 10.2. The molecule has 0 aliphatic carbocycles. The molecule has 94 valence electrons. The molecule has 5 heteroatoms. The number of carbonyl (C=O) groups excluding carboxylic acids is 1. The van der Waals surface area contributed by atoms with E-state index in [1.54, 1.807) is 26.8 Å². The average molecular weight is 240 g/mol. The number of esters is 1. The summed E-state index contributed by atoms with van der Waals surface area (Å²) in [5, 5.41) is 0. The zero-order valence-electron chi connectivity index (χ0n) is 10.2. The van der Waals surface area contributed by atoms with Gasteiger partial charge in [0.05, 0.1) is 0 Å². The summed E-state index contributed by atoms with van der Waals surface area (Å²) in [6.07, 6.45) is 1.57. The molecule has 1 heterocycles. The Kier molecular flexibility index (Phi) is 4.17. The first kappa shape index (κ1) is 13.6. The molecule has 1 aromatic heterocycles. The van der Waals surface area contributed by atoms with Gasteiger partial charge >= 0.3 is 5.97 Å². The van der Waals surface area contributed by atoms with Crippen LogP contribution >= 0.6 is 0 Å². The molecule has 1 unspecified atom stereocenters. The number of carbonyl (C=O) groups is 1. The van der Waals surface area contributed by atoms with Crippen molar-refractivity contribution in [3.8, 4) is 0 Å². The summed E-state index contributed by atoms with van der Waals surface area (Å²) in [5.41, 5.74) is 5.74. The molecular formula is C12H17FN2O2. The highest BCUT2D eigenvalue weighted by atomic mass is 19.1. The summed E-state index contributed by atoms with van der Waals surface area (Å²) in [7, 11) is 0. The second-order valence-electron chi connectivity index (χ2n) is 4.83. The summed E-state index contributed by atoms with van der Waals surface area (Å²) in [6, 6.07) is 2.08. The maximum atomic E-state index is 12.8. The smallest absolute Gasteiger partial charge is 0.323 e. The lowest BCUT2D eigenvalue weighted by atomic mass is 10.1. The number of ether oxygens (including phenoxy) is 1. The van der Waals surface area contributed by atoms with Crippen LogP contribution in [0.1, 0.15) is 26.3 Å². The Bertz CT molecular complexity index is 402. The van der Waals surface area contributed by atoms with Crippen LogP contribution in [-0.2, 0) is 16.0 Å². The van der Waals surface area contributed by atoms with E-state index in [1.165, 1.54) is 12.3 Å². The highest BCUT2D eigenvalue weighted by molar-refractivity contribution is 5.76. The van der Waals surface area contributed by atoms with E-state index in [0.29, 0.717) is 5.56 Å². The van der Waals surface area contributed by atoms with E-state index in [0.717, 1.165) is 0 Å². The largest absolute Gasteiger partial charge is 0.459 e. The van der Waals surface area contributed by atoms with Gasteiger partial charge in [-0.25, -0.2) is 4.98 Å². The molecular weight excluding hydrogens is 223 g/mol. The van der Waals surface area contributed by atoms with Crippen molar-refractivity contribution in [2.75, 3.05) is 0 Å². The average Bonchev–Trinajstić information content (AvgIpc) is 2.14. The Balaban J connectivity index is 2.60. The Labute approximate surface area is 100.0 Å². The van der Waals surface area contributed by atoms with Crippen molar-refractivity contribution in [2.24, 2.45) is 5.73 Å². The van der Waals surface area contributed by atoms with Crippen LogP contribution in [-0.4, -0.2) is 22.6 Å². The first-order valence-electron chi connectivity index (χ1n) is 5.37. The third kappa shape index (κ3) is 4.91. The molecule has 0 saturated carbocycles. The van der Waals surface area contributed by atoms with Gasteiger partial charge < -0.3 is 10.5 Å². The highest BCUT2D eigenvalue weighted by Gasteiger charge is 2.22. The van der Waals surface area contributed by atoms with Crippen molar-refractivity contribution in [1.29, 1.82) is 0 Å². The Morgan fingerprint density at radius 1 is 1.59 bits per heavy atom. The fourth-order valence-electron chi connectivity index (χ4n) is 1.28. The fraction of sp³-hybridized carbons (Fsp3) is 0.500. The zero-order chi connectivity index (χ0) is 13.1. The summed E-state index contributed by atoms with van der Waals surface area (Å²) in [6.45, 7) is 5.30. The molecule has 0 spiro atoms. The molecule has 0 amide bonds. The van der Waals surface area contributed by atoms with Crippen molar-refractivity contribution in [3.63, 3.8) is 0 Å². The summed E-state index contributed by atoms with van der Waals surface area (Å²) in [5.74, 6) is -1.08. The molecule has 4 nitrogen and oxygen atoms in total. The van der Waals surface area contributed by atoms with Gasteiger partial charge in [-0.1, -0.05) is 0 Å². The van der Waals surface area contributed by atoms with Gasteiger partial charge in [-0.2, -0.15) is 4.39 Å². The van der Waals surface area contributed by atoms with Gasteiger partial charge in [-0.15, -0.1) is 0 Å². The lowest BCUT2D eigenvalue weighted by molar-refractivity contribution is -0.156. The van der Waals surface area contributed by atoms with Crippen LogP contribution < -0.4 is 5.73 Å². The van der Waals surface area contributed by atoms with Gasteiger partial charge in [0, 0.05) is 6.20 Å². The molecule has 0 bridgehead atoms. The van der Waals surface area contributed by atoms with Gasteiger partial charge in [-0.3, -0.25) is 4.79 Å². The summed E-state index contributed by atoms with van der Waals surface area (Å²) in [4.78, 5) is 15.0. The van der Waals surface area contributed by atoms with Crippen LogP contribution in [0.15, 0.2) is 18.3 Å². The highest BCUT2D eigenvalue weighted by Crippen LogP contribution is 2.10. The molecule has 0 aliphatic heterocycles. The lowest BCUT2D eigenvalue weighted by Crippen LogP contribution is -2.38. The SMILES string of the molecule is CC(C)(C)OC(=O)C(N)Cc1ccnc(F)c1. The predicted molar refractivity (Wildman–Crippen MR) is 61.7 cm³/mol. The van der Waals surface area contributed by atoms with Crippen LogP contribution in [0.5, 0.6) is 0 Å². The van der Waals surface area contributed by atoms with E-state index >= 15 is 0 Å². The minimum atomic E-state index is -0.795. The molecule has 0 aromatic carbocycles. The third-order valence-electron chi connectivity index (χ3n) is 1.96. The van der Waals surface area contributed by atoms with Gasteiger partial charge in [0.1, 0.15) is 11.6 Å². The van der Waals surface area contributed by atoms with E-state index in [4.69, 9.17) is 10.5 Å². The van der Waals surface area contributed by atoms with Gasteiger partial charge in [0.25, 0.3) is 0 Å². The van der Waals surface area contributed by atoms with E-state index in [2.05, 4.69) is 4.98 Å². The quantitative estimate of drug-likeness (QED) is 0.641. The van der Waals surface area contributed by atoms with Crippen LogP contribution in [0, 0.1) is 5.95 Å². The molecule has 17 heavy (non-hydrogen) atoms. The second kappa shape index (κ2) is 5.23. The number of hydrogen-bond donors (Lipinski definition) is 1. The second-order valence-corrected chi connectivity index (χ2v) is 4.83. The molecule has 1 atom stereocenters. The van der Waals surface area contributed by atoms with E-state index in [9.17, 15) is 9.18 Å². The maximum Gasteiger partial charge on any atom is 0.323 e. The molecule has 1 rings (SSSR count). The van der Waals surface area contributed by atoms with Crippen LogP contribution in [0.4, 0.5) is 4.39 Å². The number of hydrogen-bond acceptors (Lipinski definition) is 4. The van der Waals surface area contributed by atoms with Crippen molar-refractivity contribution in [1.82, 2.24) is 4.98 Å². The first-order chi connectivity index (χ1) is 7.78. The van der Waals surface area contributed by atoms with Crippen molar-refractivity contribution >= 4 is 5.97 Å². The maximum absolute atomic E-state index is 12.8. The summed E-state index contributed by atoms with van der Waals surface area (Å²) >= 11 is 0. The normalized spacial score (nSPS) is 13.2. The molecule has 1 aromatic rings. The Hall–Kier alpha value is -1.49. The minimum absolute atomic E-state index is 0.231. The molecule has 0 fully saturated rings. The summed E-state index contributed by atoms with van der Waals surface area (Å²) < 4.78 is 18.0. The minimum Gasteiger partial charge on any atom is -0.459 e. The van der Waals surface area contributed by atoms with Crippen LogP contribution in [0.25, 0.3) is 0 Å². The number of nitrogens with zero attached hydrogens (tertiary/aromatic N) is 1. The topological polar surface area (TPSA) is 65.2 Å². The molecule has 0 saturated heterocycles. The molecule has 2 N–H and O–H groups in total. The number of pyridine rings is 1. The standard InChI is InChI=1S/C12H17FN2O2/c1-12(2,3)17-11(16)9(14)6-8-4-5-15-10(13)7-8/h4-5,7,9H,6,14H2,1-3H3. The van der Waals surface area contributed by atoms with Gasteiger partial charge in [-0.05, 0) is 44.9 Å². The predicted octanol–water partition coefficient (Wildman–Crippen LogP) is 1.43. The Morgan fingerprint density at radius 3 is 2.76 bits per heavy atom. The number of nitrogens with two attached hydrogens (primary N) is 1. The number of rotatable bonds is 3. The van der Waals surface area contributed by atoms with Crippen molar-refractivity contribution in [3.05, 3.63) is 29.8 Å². The van der Waals surface area contributed by atoms with Crippen molar-refractivity contribution in [2.45, 2.75) is 38.8 Å². The van der Waals surface area contributed by atoms with E-state index in [-0.39, 0.29) is 6.42 Å².